The first kappa shape index (κ1) is 26.5. The van der Waals surface area contributed by atoms with E-state index in [-0.39, 0.29) is 17.1 Å². The van der Waals surface area contributed by atoms with Crippen LogP contribution in [0.2, 0.25) is 0 Å². The molecule has 5 rings (SSSR count). The zero-order valence-corrected chi connectivity index (χ0v) is 23.3. The van der Waals surface area contributed by atoms with E-state index in [1.54, 1.807) is 4.90 Å². The van der Waals surface area contributed by atoms with Gasteiger partial charge in [0.2, 0.25) is 5.76 Å². The van der Waals surface area contributed by atoms with Crippen LogP contribution in [0, 0.1) is 20.8 Å². The monoisotopic (exact) mass is 525 g/mol. The summed E-state index contributed by atoms with van der Waals surface area (Å²) in [6, 6.07) is 16.9. The summed E-state index contributed by atoms with van der Waals surface area (Å²) in [6.07, 6.45) is 1.97. The SMILES string of the molecule is CCCCOc1ccc(C2c3c(oc4c(C)cc(C)cc4c3=O)C(=O)N2Cc2ccc(C)cc2)cc1OCC. The standard InChI is InChI=1S/C33H35NO5/c1-6-8-15-38-26-14-13-24(18-27(26)37-7-2)29-28-30(35)25-17-21(4)16-22(5)31(25)39-32(28)33(36)34(29)19-23-11-9-20(3)10-12-23/h9-14,16-18,29H,6-8,15,19H2,1-5H3. The number of nitrogens with zero attached hydrogens (tertiary/aromatic N) is 1. The third-order valence-corrected chi connectivity index (χ3v) is 7.21. The summed E-state index contributed by atoms with van der Waals surface area (Å²) in [7, 11) is 0. The normalized spacial score (nSPS) is 14.6. The Morgan fingerprint density at radius 3 is 2.36 bits per heavy atom. The molecule has 0 saturated heterocycles. The summed E-state index contributed by atoms with van der Waals surface area (Å²) in [4.78, 5) is 29.7. The number of fused-ring (bicyclic) bond motifs is 2. The fourth-order valence-corrected chi connectivity index (χ4v) is 5.28. The summed E-state index contributed by atoms with van der Waals surface area (Å²) >= 11 is 0. The Morgan fingerprint density at radius 1 is 0.872 bits per heavy atom. The van der Waals surface area contributed by atoms with E-state index in [2.05, 4.69) is 6.92 Å². The molecule has 0 N–H and O–H groups in total. The lowest BCUT2D eigenvalue weighted by Gasteiger charge is -2.26. The van der Waals surface area contributed by atoms with Crippen LogP contribution in [0.3, 0.4) is 0 Å². The third kappa shape index (κ3) is 5.03. The summed E-state index contributed by atoms with van der Waals surface area (Å²) < 4.78 is 18.2. The summed E-state index contributed by atoms with van der Waals surface area (Å²) in [6.45, 7) is 11.3. The molecule has 0 radical (unpaired) electrons. The molecule has 6 nitrogen and oxygen atoms in total. The van der Waals surface area contributed by atoms with E-state index in [0.29, 0.717) is 47.8 Å². The quantitative estimate of drug-likeness (QED) is 0.219. The number of hydrogen-bond acceptors (Lipinski definition) is 5. The van der Waals surface area contributed by atoms with Crippen molar-refractivity contribution in [2.45, 2.75) is 60.0 Å². The summed E-state index contributed by atoms with van der Waals surface area (Å²) in [5.41, 5.74) is 5.34. The second-order valence-corrected chi connectivity index (χ2v) is 10.3. The number of rotatable bonds is 9. The maximum Gasteiger partial charge on any atom is 0.291 e. The number of carbonyl (C=O) groups is 1. The molecule has 3 aromatic carbocycles. The highest BCUT2D eigenvalue weighted by molar-refractivity contribution is 5.99. The molecule has 6 heteroatoms. The molecule has 0 bridgehead atoms. The van der Waals surface area contributed by atoms with Crippen LogP contribution < -0.4 is 14.9 Å². The van der Waals surface area contributed by atoms with Crippen LogP contribution in [-0.4, -0.2) is 24.0 Å². The molecule has 202 valence electrons. The van der Waals surface area contributed by atoms with Gasteiger partial charge in [-0.05, 0) is 74.6 Å². The maximum absolute atomic E-state index is 14.1. The molecule has 2 heterocycles. The van der Waals surface area contributed by atoms with Crippen LogP contribution >= 0.6 is 0 Å². The van der Waals surface area contributed by atoms with Crippen LogP contribution in [0.25, 0.3) is 11.0 Å². The Kier molecular flexibility index (Phi) is 7.47. The molecule has 1 amide bonds. The number of benzene rings is 3. The van der Waals surface area contributed by atoms with Crippen molar-refractivity contribution < 1.29 is 18.7 Å². The first-order valence-electron chi connectivity index (χ1n) is 13.7. The Hall–Kier alpha value is -4.06. The summed E-state index contributed by atoms with van der Waals surface area (Å²) in [5, 5.41) is 0.491. The van der Waals surface area contributed by atoms with Crippen LogP contribution in [0.5, 0.6) is 11.5 Å². The molecule has 0 aliphatic carbocycles. The highest BCUT2D eigenvalue weighted by atomic mass is 16.5. The van der Waals surface area contributed by atoms with Crippen molar-refractivity contribution >= 4 is 16.9 Å². The van der Waals surface area contributed by atoms with E-state index >= 15 is 0 Å². The van der Waals surface area contributed by atoms with Crippen LogP contribution in [0.15, 0.2) is 63.8 Å². The van der Waals surface area contributed by atoms with Gasteiger partial charge in [0.1, 0.15) is 5.58 Å². The van der Waals surface area contributed by atoms with Crippen LogP contribution in [-0.2, 0) is 6.54 Å². The Balaban J connectivity index is 1.68. The first-order chi connectivity index (χ1) is 18.8. The van der Waals surface area contributed by atoms with Gasteiger partial charge in [0.25, 0.3) is 5.91 Å². The van der Waals surface area contributed by atoms with E-state index in [9.17, 15) is 9.59 Å². The molecule has 1 aromatic heterocycles. The second-order valence-electron chi connectivity index (χ2n) is 10.3. The largest absolute Gasteiger partial charge is 0.490 e. The Bertz CT molecular complexity index is 1590. The van der Waals surface area contributed by atoms with Crippen molar-refractivity contribution in [2.75, 3.05) is 13.2 Å². The number of ether oxygens (including phenoxy) is 2. The van der Waals surface area contributed by atoms with E-state index < -0.39 is 6.04 Å². The van der Waals surface area contributed by atoms with Crippen molar-refractivity contribution in [2.24, 2.45) is 0 Å². The lowest BCUT2D eigenvalue weighted by atomic mass is 9.96. The fraction of sp³-hybridized carbons (Fsp3) is 0.333. The van der Waals surface area contributed by atoms with Gasteiger partial charge < -0.3 is 18.8 Å². The lowest BCUT2D eigenvalue weighted by Crippen LogP contribution is -2.29. The number of aryl methyl sites for hydroxylation is 3. The molecule has 1 atom stereocenters. The zero-order valence-electron chi connectivity index (χ0n) is 23.3. The molecular weight excluding hydrogens is 490 g/mol. The Morgan fingerprint density at radius 2 is 1.64 bits per heavy atom. The van der Waals surface area contributed by atoms with Gasteiger partial charge in [0.05, 0.1) is 30.2 Å². The fourth-order valence-electron chi connectivity index (χ4n) is 5.28. The number of hydrogen-bond donors (Lipinski definition) is 0. The minimum atomic E-state index is -0.626. The van der Waals surface area contributed by atoms with E-state index in [1.165, 1.54) is 0 Å². The molecule has 0 saturated carbocycles. The highest BCUT2D eigenvalue weighted by Crippen LogP contribution is 2.42. The van der Waals surface area contributed by atoms with Crippen molar-refractivity contribution in [3.05, 3.63) is 104 Å². The molecule has 1 unspecified atom stereocenters. The van der Waals surface area contributed by atoms with Crippen LogP contribution in [0.4, 0.5) is 0 Å². The lowest BCUT2D eigenvalue weighted by molar-refractivity contribution is 0.0714. The average molecular weight is 526 g/mol. The first-order valence-corrected chi connectivity index (χ1v) is 13.7. The minimum absolute atomic E-state index is 0.109. The van der Waals surface area contributed by atoms with Crippen molar-refractivity contribution in [1.29, 1.82) is 0 Å². The van der Waals surface area contributed by atoms with Gasteiger partial charge in [0.15, 0.2) is 16.9 Å². The Labute approximate surface area is 229 Å². The minimum Gasteiger partial charge on any atom is -0.490 e. The third-order valence-electron chi connectivity index (χ3n) is 7.21. The zero-order chi connectivity index (χ0) is 27.7. The molecule has 4 aromatic rings. The van der Waals surface area contributed by atoms with Crippen molar-refractivity contribution in [3.63, 3.8) is 0 Å². The molecule has 0 fully saturated rings. The van der Waals surface area contributed by atoms with E-state index in [0.717, 1.165) is 40.7 Å². The van der Waals surface area contributed by atoms with E-state index in [4.69, 9.17) is 13.9 Å². The van der Waals surface area contributed by atoms with Crippen molar-refractivity contribution in [3.8, 4) is 11.5 Å². The van der Waals surface area contributed by atoms with Gasteiger partial charge in [-0.15, -0.1) is 0 Å². The van der Waals surface area contributed by atoms with Crippen LogP contribution in [0.1, 0.15) is 76.7 Å². The predicted octanol–water partition coefficient (Wildman–Crippen LogP) is 7.04. The molecular formula is C33H35NO5. The molecule has 1 aliphatic rings. The topological polar surface area (TPSA) is 69.0 Å². The average Bonchev–Trinajstić information content (AvgIpc) is 3.18. The predicted molar refractivity (Wildman–Crippen MR) is 153 cm³/mol. The maximum atomic E-state index is 14.1. The van der Waals surface area contributed by atoms with Gasteiger partial charge in [-0.1, -0.05) is 55.3 Å². The summed E-state index contributed by atoms with van der Waals surface area (Å²) in [5.74, 6) is 1.06. The van der Waals surface area contributed by atoms with Gasteiger partial charge in [-0.25, -0.2) is 0 Å². The number of carbonyl (C=O) groups excluding carboxylic acids is 1. The van der Waals surface area contributed by atoms with Gasteiger partial charge in [-0.2, -0.15) is 0 Å². The van der Waals surface area contributed by atoms with Gasteiger partial charge in [0, 0.05) is 6.54 Å². The second kappa shape index (κ2) is 11.0. The molecule has 1 aliphatic heterocycles. The number of unbranched alkanes of at least 4 members (excludes halogenated alkanes) is 1. The van der Waals surface area contributed by atoms with Gasteiger partial charge in [-0.3, -0.25) is 9.59 Å². The molecule has 39 heavy (non-hydrogen) atoms. The van der Waals surface area contributed by atoms with Gasteiger partial charge >= 0.3 is 0 Å². The van der Waals surface area contributed by atoms with Crippen molar-refractivity contribution in [1.82, 2.24) is 4.90 Å². The number of amides is 1. The highest BCUT2D eigenvalue weighted by Gasteiger charge is 2.43. The molecule has 0 spiro atoms. The smallest absolute Gasteiger partial charge is 0.291 e. The van der Waals surface area contributed by atoms with E-state index in [1.807, 2.05) is 82.3 Å².